The van der Waals surface area contributed by atoms with Crippen LogP contribution in [0.5, 0.6) is 0 Å². The summed E-state index contributed by atoms with van der Waals surface area (Å²) in [6, 6.07) is 4.79. The lowest BCUT2D eigenvalue weighted by atomic mass is 9.87. The van der Waals surface area contributed by atoms with E-state index >= 15 is 0 Å². The zero-order valence-electron chi connectivity index (χ0n) is 19.6. The molecule has 0 bridgehead atoms. The van der Waals surface area contributed by atoms with E-state index in [1.165, 1.54) is 18.9 Å². The van der Waals surface area contributed by atoms with Crippen LogP contribution in [0.4, 0.5) is 5.82 Å². The first-order chi connectivity index (χ1) is 15.6. The highest BCUT2D eigenvalue weighted by atomic mass is 35.5. The van der Waals surface area contributed by atoms with Gasteiger partial charge in [-0.1, -0.05) is 43.4 Å². The summed E-state index contributed by atoms with van der Waals surface area (Å²) in [6.07, 6.45) is 11.5. The van der Waals surface area contributed by atoms with Crippen LogP contribution in [0.1, 0.15) is 55.7 Å². The van der Waals surface area contributed by atoms with Crippen LogP contribution in [-0.4, -0.2) is 56.1 Å². The summed E-state index contributed by atoms with van der Waals surface area (Å²) in [5.74, 6) is 0.242. The first kappa shape index (κ1) is 25.6. The summed E-state index contributed by atoms with van der Waals surface area (Å²) < 4.78 is 23.9. The number of anilines is 1. The second-order valence-electron chi connectivity index (χ2n) is 9.19. The van der Waals surface area contributed by atoms with Crippen LogP contribution in [-0.2, 0) is 21.1 Å². The second kappa shape index (κ2) is 11.4. The van der Waals surface area contributed by atoms with E-state index in [2.05, 4.69) is 20.2 Å². The van der Waals surface area contributed by atoms with Gasteiger partial charge in [-0.05, 0) is 63.5 Å². The van der Waals surface area contributed by atoms with Crippen molar-refractivity contribution in [2.24, 2.45) is 5.92 Å². The summed E-state index contributed by atoms with van der Waals surface area (Å²) in [6.45, 7) is 0.976. The van der Waals surface area contributed by atoms with Gasteiger partial charge in [-0.3, -0.25) is 9.78 Å². The van der Waals surface area contributed by atoms with Gasteiger partial charge >= 0.3 is 0 Å². The lowest BCUT2D eigenvalue weighted by Gasteiger charge is -2.21. The predicted octanol–water partition coefficient (Wildman–Crippen LogP) is 4.33. The molecule has 1 aliphatic rings. The molecule has 0 saturated heterocycles. The topological polar surface area (TPSA) is 92.3 Å². The van der Waals surface area contributed by atoms with Crippen LogP contribution >= 0.6 is 11.6 Å². The number of amides is 1. The number of carbonyl (C=O) groups is 1. The largest absolute Gasteiger partial charge is 0.309 e. The summed E-state index contributed by atoms with van der Waals surface area (Å²) in [5.41, 5.74) is 1.60. The first-order valence-corrected chi connectivity index (χ1v) is 13.7. The van der Waals surface area contributed by atoms with Crippen molar-refractivity contribution in [1.82, 2.24) is 14.9 Å². The van der Waals surface area contributed by atoms with Crippen molar-refractivity contribution in [3.05, 3.63) is 46.9 Å². The quantitative estimate of drug-likeness (QED) is 0.530. The molecule has 1 saturated carbocycles. The van der Waals surface area contributed by atoms with Gasteiger partial charge in [0.1, 0.15) is 0 Å². The SMILES string of the molecule is CN(C)CCCc1cnc(NC(=O)[C@H](CC2CCCC2)c2ccc(S(C)(=O)=O)c(Cl)c2)cn1. The molecule has 1 amide bonds. The maximum Gasteiger partial charge on any atom is 0.233 e. The minimum Gasteiger partial charge on any atom is -0.309 e. The van der Waals surface area contributed by atoms with Gasteiger partial charge < -0.3 is 10.2 Å². The third kappa shape index (κ3) is 7.48. The van der Waals surface area contributed by atoms with E-state index in [9.17, 15) is 13.2 Å². The van der Waals surface area contributed by atoms with Gasteiger partial charge in [0.2, 0.25) is 5.91 Å². The highest BCUT2D eigenvalue weighted by Crippen LogP contribution is 2.36. The Morgan fingerprint density at radius 2 is 1.94 bits per heavy atom. The van der Waals surface area contributed by atoms with E-state index in [4.69, 9.17) is 11.6 Å². The molecule has 1 aromatic heterocycles. The van der Waals surface area contributed by atoms with Crippen molar-refractivity contribution >= 4 is 33.2 Å². The number of sulfone groups is 1. The average molecular weight is 493 g/mol. The summed E-state index contributed by atoms with van der Waals surface area (Å²) in [7, 11) is 0.636. The van der Waals surface area contributed by atoms with Gasteiger partial charge in [-0.2, -0.15) is 0 Å². The molecule has 0 aliphatic heterocycles. The third-order valence-electron chi connectivity index (χ3n) is 6.11. The number of halogens is 1. The average Bonchev–Trinajstić information content (AvgIpc) is 3.25. The number of aryl methyl sites for hydroxylation is 1. The number of hydrogen-bond donors (Lipinski definition) is 1. The number of benzene rings is 1. The molecule has 1 atom stereocenters. The molecule has 7 nitrogen and oxygen atoms in total. The molecule has 33 heavy (non-hydrogen) atoms. The van der Waals surface area contributed by atoms with Crippen LogP contribution in [0.15, 0.2) is 35.5 Å². The Morgan fingerprint density at radius 3 is 2.52 bits per heavy atom. The zero-order chi connectivity index (χ0) is 24.0. The molecule has 2 aromatic rings. The molecule has 1 N–H and O–H groups in total. The van der Waals surface area contributed by atoms with E-state index < -0.39 is 15.8 Å². The summed E-state index contributed by atoms with van der Waals surface area (Å²) >= 11 is 6.28. The van der Waals surface area contributed by atoms with Crippen molar-refractivity contribution in [2.75, 3.05) is 32.2 Å². The fourth-order valence-corrected chi connectivity index (χ4v) is 5.68. The van der Waals surface area contributed by atoms with Gasteiger partial charge in [0.25, 0.3) is 0 Å². The smallest absolute Gasteiger partial charge is 0.233 e. The van der Waals surface area contributed by atoms with Gasteiger partial charge in [-0.15, -0.1) is 0 Å². The maximum atomic E-state index is 13.3. The van der Waals surface area contributed by atoms with Crippen LogP contribution in [0.3, 0.4) is 0 Å². The monoisotopic (exact) mass is 492 g/mol. The molecule has 1 heterocycles. The molecule has 1 fully saturated rings. The molecule has 9 heteroatoms. The lowest BCUT2D eigenvalue weighted by molar-refractivity contribution is -0.118. The van der Waals surface area contributed by atoms with Crippen LogP contribution in [0.2, 0.25) is 5.02 Å². The first-order valence-electron chi connectivity index (χ1n) is 11.4. The van der Waals surface area contributed by atoms with E-state index in [-0.39, 0.29) is 15.8 Å². The molecule has 0 spiro atoms. The Balaban J connectivity index is 1.75. The fraction of sp³-hybridized carbons (Fsp3) is 0.542. The van der Waals surface area contributed by atoms with E-state index in [1.807, 2.05) is 14.1 Å². The van der Waals surface area contributed by atoms with Gasteiger partial charge in [0, 0.05) is 6.26 Å². The van der Waals surface area contributed by atoms with Crippen LogP contribution in [0.25, 0.3) is 0 Å². The summed E-state index contributed by atoms with van der Waals surface area (Å²) in [4.78, 5) is 24.3. The molecule has 1 aliphatic carbocycles. The van der Waals surface area contributed by atoms with E-state index in [1.54, 1.807) is 24.5 Å². The Hall–Kier alpha value is -2.03. The fourth-order valence-electron chi connectivity index (χ4n) is 4.35. The number of hydrogen-bond acceptors (Lipinski definition) is 6. The molecular weight excluding hydrogens is 460 g/mol. The zero-order valence-corrected chi connectivity index (χ0v) is 21.1. The third-order valence-corrected chi connectivity index (χ3v) is 7.69. The van der Waals surface area contributed by atoms with Crippen molar-refractivity contribution in [2.45, 2.75) is 55.8 Å². The number of aromatic nitrogens is 2. The minimum atomic E-state index is -3.44. The highest BCUT2D eigenvalue weighted by molar-refractivity contribution is 7.90. The number of nitrogens with one attached hydrogen (secondary N) is 1. The van der Waals surface area contributed by atoms with Crippen molar-refractivity contribution < 1.29 is 13.2 Å². The Morgan fingerprint density at radius 1 is 1.21 bits per heavy atom. The summed E-state index contributed by atoms with van der Waals surface area (Å²) in [5, 5.41) is 3.04. The van der Waals surface area contributed by atoms with Crippen LogP contribution < -0.4 is 5.32 Å². The number of rotatable bonds is 10. The van der Waals surface area contributed by atoms with Crippen molar-refractivity contribution in [3.63, 3.8) is 0 Å². The molecule has 3 rings (SSSR count). The molecule has 180 valence electrons. The lowest BCUT2D eigenvalue weighted by Crippen LogP contribution is -2.24. The van der Waals surface area contributed by atoms with E-state index in [0.717, 1.165) is 44.2 Å². The number of carbonyl (C=O) groups excluding carboxylic acids is 1. The normalized spacial score (nSPS) is 15.7. The maximum absolute atomic E-state index is 13.3. The Bertz CT molecular complexity index is 1050. The molecule has 1 aromatic carbocycles. The highest BCUT2D eigenvalue weighted by Gasteiger charge is 2.28. The van der Waals surface area contributed by atoms with E-state index in [0.29, 0.717) is 23.7 Å². The molecule has 0 unspecified atom stereocenters. The van der Waals surface area contributed by atoms with Gasteiger partial charge in [0.15, 0.2) is 15.7 Å². The number of nitrogens with zero attached hydrogens (tertiary/aromatic N) is 3. The van der Waals surface area contributed by atoms with Gasteiger partial charge in [-0.25, -0.2) is 13.4 Å². The van der Waals surface area contributed by atoms with Crippen molar-refractivity contribution in [3.8, 4) is 0 Å². The Kier molecular flexibility index (Phi) is 8.84. The standard InChI is InChI=1S/C24H33ClN4O3S/c1-29(2)12-6-9-19-15-27-23(16-26-19)28-24(30)20(13-17-7-4-5-8-17)18-10-11-22(21(25)14-18)33(3,31)32/h10-11,14-17,20H,4-9,12-13H2,1-3H3,(H,27,28,30)/t20-/m1/s1. The van der Waals surface area contributed by atoms with Crippen molar-refractivity contribution in [1.29, 1.82) is 0 Å². The van der Waals surface area contributed by atoms with Crippen LogP contribution in [0, 0.1) is 5.92 Å². The minimum absolute atomic E-state index is 0.0728. The molecular formula is C24H33ClN4O3S. The Labute approximate surface area is 201 Å². The molecule has 0 radical (unpaired) electrons. The second-order valence-corrected chi connectivity index (χ2v) is 11.6. The predicted molar refractivity (Wildman–Crippen MR) is 131 cm³/mol. The van der Waals surface area contributed by atoms with Gasteiger partial charge in [0.05, 0.1) is 33.9 Å².